The van der Waals surface area contributed by atoms with E-state index < -0.39 is 0 Å². The summed E-state index contributed by atoms with van der Waals surface area (Å²) in [5.41, 5.74) is 3.10. The van der Waals surface area contributed by atoms with Gasteiger partial charge in [-0.25, -0.2) is 0 Å². The third kappa shape index (κ3) is 1.29. The predicted molar refractivity (Wildman–Crippen MR) is 65.1 cm³/mol. The third-order valence-electron chi connectivity index (χ3n) is 4.31. The fourth-order valence-corrected chi connectivity index (χ4v) is 3.55. The quantitative estimate of drug-likeness (QED) is 0.822. The number of methoxy groups -OCH3 is 1. The van der Waals surface area contributed by atoms with Gasteiger partial charge in [0, 0.05) is 12.5 Å². The van der Waals surface area contributed by atoms with Crippen LogP contribution in [0.5, 0.6) is 5.75 Å². The topological polar surface area (TPSA) is 21.3 Å². The van der Waals surface area contributed by atoms with Crippen molar-refractivity contribution < 1.29 is 4.74 Å². The van der Waals surface area contributed by atoms with Gasteiger partial charge in [-0.2, -0.15) is 0 Å². The highest BCUT2D eigenvalue weighted by atomic mass is 16.5. The summed E-state index contributed by atoms with van der Waals surface area (Å²) in [5, 5.41) is 3.53. The second-order valence-corrected chi connectivity index (χ2v) is 4.94. The fourth-order valence-electron chi connectivity index (χ4n) is 3.55. The second kappa shape index (κ2) is 3.77. The summed E-state index contributed by atoms with van der Waals surface area (Å²) in [6, 6.07) is 6.63. The van der Waals surface area contributed by atoms with Crippen LogP contribution in [0.3, 0.4) is 0 Å². The van der Waals surface area contributed by atoms with Gasteiger partial charge in [-0.1, -0.05) is 13.0 Å². The molecule has 1 saturated heterocycles. The smallest absolute Gasteiger partial charge is 0.119 e. The van der Waals surface area contributed by atoms with Crippen molar-refractivity contribution in [3.05, 3.63) is 29.3 Å². The predicted octanol–water partition coefficient (Wildman–Crippen LogP) is 2.51. The van der Waals surface area contributed by atoms with Crippen LogP contribution in [0.2, 0.25) is 0 Å². The van der Waals surface area contributed by atoms with Crippen molar-refractivity contribution in [2.75, 3.05) is 20.2 Å². The summed E-state index contributed by atoms with van der Waals surface area (Å²) in [7, 11) is 1.75. The van der Waals surface area contributed by atoms with E-state index in [0.717, 1.165) is 30.0 Å². The highest BCUT2D eigenvalue weighted by Crippen LogP contribution is 2.50. The van der Waals surface area contributed by atoms with E-state index in [4.69, 9.17) is 4.74 Å². The van der Waals surface area contributed by atoms with Gasteiger partial charge in [-0.15, -0.1) is 0 Å². The van der Waals surface area contributed by atoms with E-state index in [0.29, 0.717) is 0 Å². The lowest BCUT2D eigenvalue weighted by atomic mass is 9.88. The number of hydrogen-bond acceptors (Lipinski definition) is 2. The molecule has 0 radical (unpaired) electrons. The Bertz CT molecular complexity index is 402. The Morgan fingerprint density at radius 3 is 2.94 bits per heavy atom. The molecule has 0 aromatic heterocycles. The Hall–Kier alpha value is -1.02. The van der Waals surface area contributed by atoms with Crippen molar-refractivity contribution in [1.82, 2.24) is 5.32 Å². The summed E-state index contributed by atoms with van der Waals surface area (Å²) in [6.07, 6.45) is 1.25. The monoisotopic (exact) mass is 217 g/mol. The van der Waals surface area contributed by atoms with E-state index in [2.05, 4.69) is 30.4 Å². The molecule has 1 fully saturated rings. The average molecular weight is 217 g/mol. The van der Waals surface area contributed by atoms with Gasteiger partial charge in [0.1, 0.15) is 5.75 Å². The summed E-state index contributed by atoms with van der Waals surface area (Å²) in [6.45, 7) is 4.63. The van der Waals surface area contributed by atoms with Crippen LogP contribution in [-0.4, -0.2) is 20.2 Å². The molecule has 2 heteroatoms. The number of ether oxygens (including phenoxy) is 1. The standard InChI is InChI=1S/C14H19NO/c1-3-10-11-5-4-9(16-2)6-12(11)14-8-15-7-13(10)14/h4-6,10,13-15H,3,7-8H2,1-2H3. The largest absolute Gasteiger partial charge is 0.497 e. The number of nitrogens with one attached hydrogen (secondary N) is 1. The Balaban J connectivity index is 2.06. The first-order chi connectivity index (χ1) is 7.85. The minimum absolute atomic E-state index is 0.718. The molecule has 3 rings (SSSR count). The van der Waals surface area contributed by atoms with Crippen LogP contribution in [0.1, 0.15) is 36.3 Å². The van der Waals surface area contributed by atoms with Crippen LogP contribution >= 0.6 is 0 Å². The second-order valence-electron chi connectivity index (χ2n) is 4.94. The maximum Gasteiger partial charge on any atom is 0.119 e. The first-order valence-corrected chi connectivity index (χ1v) is 6.23. The Morgan fingerprint density at radius 2 is 2.19 bits per heavy atom. The zero-order chi connectivity index (χ0) is 11.1. The van der Waals surface area contributed by atoms with Gasteiger partial charge >= 0.3 is 0 Å². The Labute approximate surface area is 97.0 Å². The molecule has 3 unspecified atom stereocenters. The maximum absolute atomic E-state index is 5.34. The minimum Gasteiger partial charge on any atom is -0.497 e. The molecular formula is C14H19NO. The van der Waals surface area contributed by atoms with E-state index in [1.54, 1.807) is 12.7 Å². The highest BCUT2D eigenvalue weighted by molar-refractivity contribution is 5.46. The van der Waals surface area contributed by atoms with Crippen molar-refractivity contribution in [3.8, 4) is 5.75 Å². The summed E-state index contributed by atoms with van der Waals surface area (Å²) in [4.78, 5) is 0. The molecule has 0 saturated carbocycles. The average Bonchev–Trinajstić information content (AvgIpc) is 2.88. The lowest BCUT2D eigenvalue weighted by Gasteiger charge is -2.16. The lowest BCUT2D eigenvalue weighted by Crippen LogP contribution is -2.14. The van der Waals surface area contributed by atoms with Crippen LogP contribution in [-0.2, 0) is 0 Å². The van der Waals surface area contributed by atoms with Crippen molar-refractivity contribution in [2.45, 2.75) is 25.2 Å². The van der Waals surface area contributed by atoms with Crippen molar-refractivity contribution in [1.29, 1.82) is 0 Å². The molecule has 2 aliphatic rings. The van der Waals surface area contributed by atoms with Crippen LogP contribution in [0.4, 0.5) is 0 Å². The zero-order valence-electron chi connectivity index (χ0n) is 9.99. The molecule has 0 bridgehead atoms. The maximum atomic E-state index is 5.34. The molecule has 0 amide bonds. The zero-order valence-corrected chi connectivity index (χ0v) is 9.99. The first kappa shape index (κ1) is 10.2. The van der Waals surface area contributed by atoms with Crippen LogP contribution in [0.25, 0.3) is 0 Å². The van der Waals surface area contributed by atoms with E-state index in [1.165, 1.54) is 18.5 Å². The SMILES string of the molecule is CCC1c2ccc(OC)cc2C2CNCC12. The minimum atomic E-state index is 0.718. The Morgan fingerprint density at radius 1 is 1.31 bits per heavy atom. The number of rotatable bonds is 2. The molecule has 86 valence electrons. The molecule has 1 aliphatic heterocycles. The molecule has 1 N–H and O–H groups in total. The molecule has 2 nitrogen and oxygen atoms in total. The van der Waals surface area contributed by atoms with Gasteiger partial charge in [0.25, 0.3) is 0 Å². The highest BCUT2D eigenvalue weighted by Gasteiger charge is 2.42. The van der Waals surface area contributed by atoms with E-state index in [1.807, 2.05) is 0 Å². The number of benzene rings is 1. The van der Waals surface area contributed by atoms with Crippen LogP contribution in [0, 0.1) is 5.92 Å². The molecule has 0 spiro atoms. The molecule has 3 atom stereocenters. The van der Waals surface area contributed by atoms with Crippen molar-refractivity contribution in [2.24, 2.45) is 5.92 Å². The summed E-state index contributed by atoms with van der Waals surface area (Å²) >= 11 is 0. The normalized spacial score (nSPS) is 31.2. The van der Waals surface area contributed by atoms with E-state index in [9.17, 15) is 0 Å². The fraction of sp³-hybridized carbons (Fsp3) is 0.571. The molecule has 1 aliphatic carbocycles. The number of fused-ring (bicyclic) bond motifs is 3. The van der Waals surface area contributed by atoms with Crippen molar-refractivity contribution in [3.63, 3.8) is 0 Å². The van der Waals surface area contributed by atoms with Gasteiger partial charge in [-0.05, 0) is 48.1 Å². The van der Waals surface area contributed by atoms with Crippen LogP contribution < -0.4 is 10.1 Å². The van der Waals surface area contributed by atoms with Crippen LogP contribution in [0.15, 0.2) is 18.2 Å². The first-order valence-electron chi connectivity index (χ1n) is 6.23. The lowest BCUT2D eigenvalue weighted by molar-refractivity contribution is 0.414. The van der Waals surface area contributed by atoms with Gasteiger partial charge < -0.3 is 10.1 Å². The molecule has 1 aromatic rings. The summed E-state index contributed by atoms with van der Waals surface area (Å²) < 4.78 is 5.34. The molecule has 1 heterocycles. The van der Waals surface area contributed by atoms with Gasteiger partial charge in [0.05, 0.1) is 7.11 Å². The summed E-state index contributed by atoms with van der Waals surface area (Å²) in [5.74, 6) is 3.28. The van der Waals surface area contributed by atoms with Gasteiger partial charge in [0.15, 0.2) is 0 Å². The van der Waals surface area contributed by atoms with Gasteiger partial charge in [0.2, 0.25) is 0 Å². The number of hydrogen-bond donors (Lipinski definition) is 1. The van der Waals surface area contributed by atoms with E-state index >= 15 is 0 Å². The van der Waals surface area contributed by atoms with Crippen molar-refractivity contribution >= 4 is 0 Å². The van der Waals surface area contributed by atoms with E-state index in [-0.39, 0.29) is 0 Å². The third-order valence-corrected chi connectivity index (χ3v) is 4.31. The Kier molecular flexibility index (Phi) is 2.40. The molecule has 1 aromatic carbocycles. The molecular weight excluding hydrogens is 198 g/mol. The molecule has 16 heavy (non-hydrogen) atoms. The van der Waals surface area contributed by atoms with Gasteiger partial charge in [-0.3, -0.25) is 0 Å².